The summed E-state index contributed by atoms with van der Waals surface area (Å²) in [6.07, 6.45) is 0.329. The lowest BCUT2D eigenvalue weighted by Gasteiger charge is -2.13. The van der Waals surface area contributed by atoms with Gasteiger partial charge in [0.1, 0.15) is 5.82 Å². The predicted octanol–water partition coefficient (Wildman–Crippen LogP) is 1.89. The van der Waals surface area contributed by atoms with E-state index in [2.05, 4.69) is 15.5 Å². The van der Waals surface area contributed by atoms with Gasteiger partial charge in [-0.25, -0.2) is 4.39 Å². The number of nitrogens with zero attached hydrogens (tertiary/aromatic N) is 2. The Hall–Kier alpha value is -1.79. The van der Waals surface area contributed by atoms with Gasteiger partial charge in [0.15, 0.2) is 5.82 Å². The van der Waals surface area contributed by atoms with Crippen molar-refractivity contribution in [2.24, 2.45) is 0 Å². The molecule has 21 heavy (non-hydrogen) atoms. The molecule has 2 unspecified atom stereocenters. The van der Waals surface area contributed by atoms with E-state index in [0.717, 1.165) is 6.54 Å². The molecular formula is C15H18FN3O2. The molecule has 3 rings (SSSR count). The summed E-state index contributed by atoms with van der Waals surface area (Å²) in [7, 11) is 0. The Morgan fingerprint density at radius 2 is 2.19 bits per heavy atom. The lowest BCUT2D eigenvalue weighted by atomic mass is 10.0. The molecule has 5 nitrogen and oxygen atoms in total. The zero-order valence-corrected chi connectivity index (χ0v) is 11.9. The molecule has 0 aliphatic carbocycles. The third-order valence-electron chi connectivity index (χ3n) is 3.65. The maximum absolute atomic E-state index is 13.6. The highest BCUT2D eigenvalue weighted by atomic mass is 19.1. The molecule has 0 radical (unpaired) electrons. The Balaban J connectivity index is 1.73. The molecule has 2 heterocycles. The number of ether oxygens (including phenoxy) is 1. The van der Waals surface area contributed by atoms with Crippen molar-refractivity contribution in [3.05, 3.63) is 47.4 Å². The Bertz CT molecular complexity index is 602. The van der Waals surface area contributed by atoms with Gasteiger partial charge >= 0.3 is 0 Å². The summed E-state index contributed by atoms with van der Waals surface area (Å²) in [5, 5.41) is 7.30. The van der Waals surface area contributed by atoms with Crippen molar-refractivity contribution >= 4 is 0 Å². The van der Waals surface area contributed by atoms with Crippen LogP contribution in [0, 0.1) is 5.82 Å². The minimum atomic E-state index is -0.251. The molecule has 1 N–H and O–H groups in total. The first-order valence-corrected chi connectivity index (χ1v) is 7.15. The van der Waals surface area contributed by atoms with Crippen LogP contribution < -0.4 is 5.32 Å². The fourth-order valence-electron chi connectivity index (χ4n) is 2.56. The third kappa shape index (κ3) is 3.11. The summed E-state index contributed by atoms with van der Waals surface area (Å²) in [5.41, 5.74) is 0.566. The lowest BCUT2D eigenvalue weighted by molar-refractivity contribution is 0.185. The van der Waals surface area contributed by atoms with E-state index in [-0.39, 0.29) is 17.8 Å². The molecule has 1 saturated heterocycles. The van der Waals surface area contributed by atoms with E-state index in [1.54, 1.807) is 18.2 Å². The van der Waals surface area contributed by atoms with E-state index in [4.69, 9.17) is 9.26 Å². The zero-order chi connectivity index (χ0) is 14.7. The molecule has 1 aliphatic heterocycles. The van der Waals surface area contributed by atoms with E-state index in [0.29, 0.717) is 36.9 Å². The van der Waals surface area contributed by atoms with E-state index in [1.807, 2.05) is 6.92 Å². The third-order valence-corrected chi connectivity index (χ3v) is 3.65. The van der Waals surface area contributed by atoms with Gasteiger partial charge in [-0.15, -0.1) is 0 Å². The highest BCUT2D eigenvalue weighted by Gasteiger charge is 2.33. The van der Waals surface area contributed by atoms with Gasteiger partial charge in [-0.2, -0.15) is 4.98 Å². The van der Waals surface area contributed by atoms with Crippen LogP contribution in [0.1, 0.15) is 30.1 Å². The number of nitrogens with one attached hydrogen (secondary N) is 1. The average Bonchev–Trinajstić information content (AvgIpc) is 3.11. The number of benzene rings is 1. The van der Waals surface area contributed by atoms with Gasteiger partial charge in [0.05, 0.1) is 19.1 Å². The maximum Gasteiger partial charge on any atom is 0.233 e. The molecule has 1 aromatic carbocycles. The molecule has 2 aromatic rings. The number of rotatable bonds is 5. The van der Waals surface area contributed by atoms with Crippen molar-refractivity contribution in [2.45, 2.75) is 25.3 Å². The fourth-order valence-corrected chi connectivity index (χ4v) is 2.56. The van der Waals surface area contributed by atoms with Crippen molar-refractivity contribution in [1.29, 1.82) is 0 Å². The number of halogens is 1. The Morgan fingerprint density at radius 3 is 3.00 bits per heavy atom. The molecule has 2 atom stereocenters. The highest BCUT2D eigenvalue weighted by molar-refractivity contribution is 5.21. The summed E-state index contributed by atoms with van der Waals surface area (Å²) >= 11 is 0. The topological polar surface area (TPSA) is 60.2 Å². The van der Waals surface area contributed by atoms with Gasteiger partial charge in [0, 0.05) is 12.5 Å². The van der Waals surface area contributed by atoms with Crippen LogP contribution in [0.15, 0.2) is 28.8 Å². The quantitative estimate of drug-likeness (QED) is 0.911. The first-order valence-electron chi connectivity index (χ1n) is 7.15. The van der Waals surface area contributed by atoms with Crippen LogP contribution in [0.5, 0.6) is 0 Å². The van der Waals surface area contributed by atoms with Crippen LogP contribution in [0.4, 0.5) is 4.39 Å². The first-order chi connectivity index (χ1) is 10.3. The van der Waals surface area contributed by atoms with E-state index in [9.17, 15) is 4.39 Å². The van der Waals surface area contributed by atoms with Crippen LogP contribution >= 0.6 is 0 Å². The monoisotopic (exact) mass is 291 g/mol. The second-order valence-electron chi connectivity index (χ2n) is 5.13. The summed E-state index contributed by atoms with van der Waals surface area (Å²) in [6.45, 7) is 4.12. The summed E-state index contributed by atoms with van der Waals surface area (Å²) in [6, 6.07) is 6.81. The molecule has 6 heteroatoms. The second kappa shape index (κ2) is 6.32. The molecular weight excluding hydrogens is 273 g/mol. The summed E-state index contributed by atoms with van der Waals surface area (Å²) in [4.78, 5) is 4.40. The normalized spacial score (nSPS) is 21.8. The number of aromatic nitrogens is 2. The number of hydrogen-bond donors (Lipinski definition) is 1. The van der Waals surface area contributed by atoms with Crippen molar-refractivity contribution in [3.8, 4) is 0 Å². The van der Waals surface area contributed by atoms with E-state index in [1.165, 1.54) is 6.07 Å². The molecule has 0 amide bonds. The van der Waals surface area contributed by atoms with Crippen LogP contribution in [0.2, 0.25) is 0 Å². The zero-order valence-electron chi connectivity index (χ0n) is 11.9. The molecule has 0 spiro atoms. The van der Waals surface area contributed by atoms with Gasteiger partial charge in [0.2, 0.25) is 5.89 Å². The average molecular weight is 291 g/mol. The van der Waals surface area contributed by atoms with Gasteiger partial charge in [-0.1, -0.05) is 30.3 Å². The Morgan fingerprint density at radius 1 is 1.33 bits per heavy atom. The van der Waals surface area contributed by atoms with Crippen LogP contribution in [0.25, 0.3) is 0 Å². The summed E-state index contributed by atoms with van der Waals surface area (Å²) < 4.78 is 24.4. The van der Waals surface area contributed by atoms with Gasteiger partial charge < -0.3 is 14.6 Å². The van der Waals surface area contributed by atoms with Crippen molar-refractivity contribution < 1.29 is 13.7 Å². The van der Waals surface area contributed by atoms with E-state index < -0.39 is 0 Å². The van der Waals surface area contributed by atoms with Gasteiger partial charge in [-0.3, -0.25) is 0 Å². The SMILES string of the molecule is CCNC1COCC1c1nc(Cc2ccccc2F)no1. The molecule has 1 fully saturated rings. The molecule has 112 valence electrons. The van der Waals surface area contributed by atoms with Crippen LogP contribution in [-0.4, -0.2) is 35.9 Å². The van der Waals surface area contributed by atoms with Crippen LogP contribution in [-0.2, 0) is 11.2 Å². The highest BCUT2D eigenvalue weighted by Crippen LogP contribution is 2.24. The molecule has 1 aromatic heterocycles. The fraction of sp³-hybridized carbons (Fsp3) is 0.467. The predicted molar refractivity (Wildman–Crippen MR) is 74.5 cm³/mol. The minimum absolute atomic E-state index is 0.0619. The maximum atomic E-state index is 13.6. The standard InChI is InChI=1S/C15H18FN3O2/c1-2-17-13-9-20-8-11(13)15-18-14(19-21-15)7-10-5-3-4-6-12(10)16/h3-6,11,13,17H,2,7-9H2,1H3. The molecule has 1 aliphatic rings. The number of hydrogen-bond acceptors (Lipinski definition) is 5. The summed E-state index contributed by atoms with van der Waals surface area (Å²) in [5.74, 6) is 0.868. The number of likely N-dealkylation sites (N-methyl/N-ethyl adjacent to an activating group) is 1. The lowest BCUT2D eigenvalue weighted by Crippen LogP contribution is -2.34. The largest absolute Gasteiger partial charge is 0.379 e. The van der Waals surface area contributed by atoms with Crippen LogP contribution in [0.3, 0.4) is 0 Å². The van der Waals surface area contributed by atoms with Crippen molar-refractivity contribution in [2.75, 3.05) is 19.8 Å². The Kier molecular flexibility index (Phi) is 4.26. The minimum Gasteiger partial charge on any atom is -0.379 e. The Labute approximate surface area is 122 Å². The van der Waals surface area contributed by atoms with E-state index >= 15 is 0 Å². The van der Waals surface area contributed by atoms with Gasteiger partial charge in [-0.05, 0) is 18.2 Å². The van der Waals surface area contributed by atoms with Crippen molar-refractivity contribution in [1.82, 2.24) is 15.5 Å². The molecule has 0 saturated carbocycles. The molecule has 0 bridgehead atoms. The second-order valence-corrected chi connectivity index (χ2v) is 5.13. The first kappa shape index (κ1) is 14.2. The smallest absolute Gasteiger partial charge is 0.233 e. The van der Waals surface area contributed by atoms with Gasteiger partial charge in [0.25, 0.3) is 0 Å². The van der Waals surface area contributed by atoms with Crippen molar-refractivity contribution in [3.63, 3.8) is 0 Å².